The maximum absolute atomic E-state index is 13.3. The average molecular weight is 435 g/mol. The Labute approximate surface area is 177 Å². The largest absolute Gasteiger partial charge is 0.489 e. The number of nitrogens with zero attached hydrogens (tertiary/aromatic N) is 2. The average Bonchev–Trinajstić information content (AvgIpc) is 3.14. The summed E-state index contributed by atoms with van der Waals surface area (Å²) in [5.74, 6) is 0.106. The Balaban J connectivity index is 1.74. The number of aromatic amines is 2. The van der Waals surface area contributed by atoms with E-state index in [0.29, 0.717) is 51.5 Å². The van der Waals surface area contributed by atoms with E-state index in [-0.39, 0.29) is 29.1 Å². The van der Waals surface area contributed by atoms with Crippen molar-refractivity contribution in [3.8, 4) is 5.75 Å². The molecular weight excluding hydrogens is 415 g/mol. The first-order chi connectivity index (χ1) is 13.8. The number of rotatable bonds is 4. The highest BCUT2D eigenvalue weighted by atomic mass is 35.5. The van der Waals surface area contributed by atoms with Crippen molar-refractivity contribution < 1.29 is 9.53 Å². The molecule has 152 valence electrons. The lowest BCUT2D eigenvalue weighted by atomic mass is 9.97. The Bertz CT molecular complexity index is 1180. The minimum absolute atomic E-state index is 0.114. The molecule has 2 aromatic heterocycles. The van der Waals surface area contributed by atoms with Gasteiger partial charge in [0, 0.05) is 34.3 Å². The van der Waals surface area contributed by atoms with Gasteiger partial charge >= 0.3 is 0 Å². The van der Waals surface area contributed by atoms with Gasteiger partial charge < -0.3 is 14.6 Å². The summed E-state index contributed by atoms with van der Waals surface area (Å²) >= 11 is 12.9. The molecule has 7 nitrogen and oxygen atoms in total. The van der Waals surface area contributed by atoms with Crippen LogP contribution in [0, 0.1) is 6.92 Å². The predicted octanol–water partition coefficient (Wildman–Crippen LogP) is 3.85. The number of hydrogen-bond donors (Lipinski definition) is 2. The van der Waals surface area contributed by atoms with E-state index in [4.69, 9.17) is 27.9 Å². The number of carbonyl (C=O) groups is 1. The molecule has 1 amide bonds. The zero-order valence-electron chi connectivity index (χ0n) is 16.2. The summed E-state index contributed by atoms with van der Waals surface area (Å²) in [6, 6.07) is 1.66. The topological polar surface area (TPSA) is 91.1 Å². The van der Waals surface area contributed by atoms with E-state index in [9.17, 15) is 9.59 Å². The number of benzene rings is 1. The van der Waals surface area contributed by atoms with Crippen LogP contribution < -0.4 is 10.3 Å². The monoisotopic (exact) mass is 434 g/mol. The molecule has 4 rings (SSSR count). The number of ether oxygens (including phenoxy) is 1. The van der Waals surface area contributed by atoms with Crippen molar-refractivity contribution in [1.82, 2.24) is 20.1 Å². The molecule has 1 aliphatic rings. The van der Waals surface area contributed by atoms with Crippen molar-refractivity contribution in [2.45, 2.75) is 39.8 Å². The van der Waals surface area contributed by atoms with Crippen molar-refractivity contribution in [2.24, 2.45) is 0 Å². The molecule has 0 aliphatic carbocycles. The van der Waals surface area contributed by atoms with Gasteiger partial charge in [0.15, 0.2) is 0 Å². The molecule has 0 radical (unpaired) electrons. The second kappa shape index (κ2) is 7.39. The molecule has 29 heavy (non-hydrogen) atoms. The molecule has 3 aromatic rings. The van der Waals surface area contributed by atoms with Gasteiger partial charge in [-0.05, 0) is 32.8 Å². The lowest BCUT2D eigenvalue weighted by molar-refractivity contribution is 0.0726. The third kappa shape index (κ3) is 3.38. The molecule has 0 unspecified atom stereocenters. The zero-order valence-corrected chi connectivity index (χ0v) is 17.7. The molecule has 0 saturated heterocycles. The third-order valence-corrected chi connectivity index (χ3v) is 5.76. The van der Waals surface area contributed by atoms with Gasteiger partial charge in [-0.15, -0.1) is 0 Å². The summed E-state index contributed by atoms with van der Waals surface area (Å²) < 4.78 is 5.72. The lowest BCUT2D eigenvalue weighted by Crippen LogP contribution is -2.39. The van der Waals surface area contributed by atoms with Crippen molar-refractivity contribution >= 4 is 40.0 Å². The third-order valence-electron chi connectivity index (χ3n) is 5.04. The molecule has 1 aliphatic heterocycles. The first-order valence-electron chi connectivity index (χ1n) is 9.29. The number of aryl methyl sites for hydroxylation is 1. The second-order valence-corrected chi connectivity index (χ2v) is 8.17. The maximum atomic E-state index is 13.3. The number of pyridine rings is 1. The number of fused-ring (bicyclic) bond motifs is 2. The summed E-state index contributed by atoms with van der Waals surface area (Å²) in [5, 5.41) is 8.32. The summed E-state index contributed by atoms with van der Waals surface area (Å²) in [4.78, 5) is 30.3. The van der Waals surface area contributed by atoms with Gasteiger partial charge in [0.1, 0.15) is 5.75 Å². The molecule has 0 saturated carbocycles. The smallest absolute Gasteiger partial charge is 0.256 e. The molecule has 9 heteroatoms. The van der Waals surface area contributed by atoms with E-state index in [1.165, 1.54) is 0 Å². The van der Waals surface area contributed by atoms with Gasteiger partial charge in [-0.1, -0.05) is 23.2 Å². The predicted molar refractivity (Wildman–Crippen MR) is 112 cm³/mol. The fourth-order valence-corrected chi connectivity index (χ4v) is 4.27. The number of hydrogen-bond acceptors (Lipinski definition) is 4. The molecule has 2 N–H and O–H groups in total. The van der Waals surface area contributed by atoms with Crippen molar-refractivity contribution in [1.29, 1.82) is 0 Å². The molecule has 1 aromatic carbocycles. The molecule has 0 fully saturated rings. The summed E-state index contributed by atoms with van der Waals surface area (Å²) in [5.41, 5.74) is 2.74. The Morgan fingerprint density at radius 1 is 1.31 bits per heavy atom. The van der Waals surface area contributed by atoms with Crippen LogP contribution in [0.2, 0.25) is 10.0 Å². The minimum Gasteiger partial charge on any atom is -0.489 e. The van der Waals surface area contributed by atoms with Crippen LogP contribution in [-0.4, -0.2) is 38.6 Å². The van der Waals surface area contributed by atoms with Gasteiger partial charge in [0.05, 0.1) is 34.9 Å². The van der Waals surface area contributed by atoms with Crippen LogP contribution in [0.3, 0.4) is 0 Å². The summed E-state index contributed by atoms with van der Waals surface area (Å²) in [6.07, 6.45) is 2.03. The van der Waals surface area contributed by atoms with E-state index >= 15 is 0 Å². The highest BCUT2D eigenvalue weighted by Crippen LogP contribution is 2.39. The van der Waals surface area contributed by atoms with E-state index in [1.807, 2.05) is 13.8 Å². The van der Waals surface area contributed by atoms with Gasteiger partial charge in [0.25, 0.3) is 11.5 Å². The zero-order chi connectivity index (χ0) is 20.9. The number of H-pyrrole nitrogens is 2. The number of amides is 1. The Morgan fingerprint density at radius 2 is 2.07 bits per heavy atom. The van der Waals surface area contributed by atoms with Gasteiger partial charge in [-0.3, -0.25) is 14.7 Å². The first kappa shape index (κ1) is 19.8. The van der Waals surface area contributed by atoms with Crippen LogP contribution >= 0.6 is 23.2 Å². The number of halogens is 2. The summed E-state index contributed by atoms with van der Waals surface area (Å²) in [7, 11) is 0. The van der Waals surface area contributed by atoms with Gasteiger partial charge in [0.2, 0.25) is 0 Å². The van der Waals surface area contributed by atoms with E-state index in [0.717, 1.165) is 5.52 Å². The Hall–Kier alpha value is -2.51. The first-order valence-corrected chi connectivity index (χ1v) is 10.0. The standard InChI is InChI=1S/C20H20Cl2N4O3/c1-9(2)29-15-6-14(21)11-4-5-26(20(28)16(11)17(15)22)8-13-12-7-23-25-18(12)10(3)24-19(13)27/h6-7,9H,4-5,8H2,1-3H3,(H,23,25)(H,24,27). The number of nitrogens with one attached hydrogen (secondary N) is 2. The minimum atomic E-state index is -0.274. The summed E-state index contributed by atoms with van der Waals surface area (Å²) in [6.45, 7) is 6.12. The quantitative estimate of drug-likeness (QED) is 0.651. The highest BCUT2D eigenvalue weighted by Gasteiger charge is 2.31. The lowest BCUT2D eigenvalue weighted by Gasteiger charge is -2.30. The molecule has 0 spiro atoms. The Morgan fingerprint density at radius 3 is 2.79 bits per heavy atom. The highest BCUT2D eigenvalue weighted by molar-refractivity contribution is 6.38. The normalized spacial score (nSPS) is 14.0. The van der Waals surface area contributed by atoms with E-state index < -0.39 is 0 Å². The van der Waals surface area contributed by atoms with Crippen LogP contribution in [0.25, 0.3) is 10.9 Å². The number of aromatic nitrogens is 3. The fourth-order valence-electron chi connectivity index (χ4n) is 3.68. The molecular formula is C20H20Cl2N4O3. The van der Waals surface area contributed by atoms with Crippen molar-refractivity contribution in [2.75, 3.05) is 6.54 Å². The van der Waals surface area contributed by atoms with Crippen molar-refractivity contribution in [3.63, 3.8) is 0 Å². The second-order valence-electron chi connectivity index (χ2n) is 7.38. The van der Waals surface area contributed by atoms with Crippen molar-refractivity contribution in [3.05, 3.63) is 55.0 Å². The van der Waals surface area contributed by atoms with Crippen LogP contribution in [-0.2, 0) is 13.0 Å². The van der Waals surface area contributed by atoms with Gasteiger partial charge in [-0.2, -0.15) is 5.10 Å². The molecule has 3 heterocycles. The number of carbonyl (C=O) groups excluding carboxylic acids is 1. The van der Waals surface area contributed by atoms with E-state index in [1.54, 1.807) is 24.1 Å². The SMILES string of the molecule is Cc1[nH]c(=O)c(CN2CCc3c(Cl)cc(OC(C)C)c(Cl)c3C2=O)c2cn[nH]c12. The van der Waals surface area contributed by atoms with Crippen LogP contribution in [0.4, 0.5) is 0 Å². The fraction of sp³-hybridized carbons (Fsp3) is 0.350. The van der Waals surface area contributed by atoms with Crippen LogP contribution in [0.5, 0.6) is 5.75 Å². The van der Waals surface area contributed by atoms with Crippen LogP contribution in [0.15, 0.2) is 17.1 Å². The van der Waals surface area contributed by atoms with E-state index in [2.05, 4.69) is 15.2 Å². The maximum Gasteiger partial charge on any atom is 0.256 e. The van der Waals surface area contributed by atoms with Gasteiger partial charge in [-0.25, -0.2) is 0 Å². The Kier molecular flexibility index (Phi) is 5.04. The molecule has 0 bridgehead atoms. The molecule has 0 atom stereocenters. The van der Waals surface area contributed by atoms with Crippen LogP contribution in [0.1, 0.15) is 41.0 Å².